The van der Waals surface area contributed by atoms with Crippen molar-refractivity contribution >= 4 is 23.2 Å². The third-order valence-electron chi connectivity index (χ3n) is 3.37. The second-order valence-electron chi connectivity index (χ2n) is 5.41. The van der Waals surface area contributed by atoms with Crippen LogP contribution in [0.3, 0.4) is 0 Å². The molecule has 0 bridgehead atoms. The van der Waals surface area contributed by atoms with Gasteiger partial charge in [-0.1, -0.05) is 37.3 Å². The fourth-order valence-electron chi connectivity index (χ4n) is 2.16. The van der Waals surface area contributed by atoms with Crippen molar-refractivity contribution < 1.29 is 9.59 Å². The quantitative estimate of drug-likeness (QED) is 0.882. The van der Waals surface area contributed by atoms with Gasteiger partial charge in [-0.05, 0) is 12.0 Å². The molecule has 23 heavy (non-hydrogen) atoms. The molecule has 1 atom stereocenters. The molecule has 0 aliphatic heterocycles. The molecule has 1 aromatic carbocycles. The lowest BCUT2D eigenvalue weighted by molar-refractivity contribution is -0.134. The Bertz CT molecular complexity index is 667. The van der Waals surface area contributed by atoms with Crippen LogP contribution in [0.5, 0.6) is 0 Å². The van der Waals surface area contributed by atoms with Gasteiger partial charge in [0.05, 0.1) is 17.1 Å². The van der Waals surface area contributed by atoms with E-state index in [2.05, 4.69) is 10.3 Å². The number of aromatic nitrogens is 1. The first kappa shape index (κ1) is 17.1. The van der Waals surface area contributed by atoms with E-state index in [9.17, 15) is 9.59 Å². The lowest BCUT2D eigenvalue weighted by Crippen LogP contribution is -2.40. The molecule has 2 rings (SSSR count). The highest BCUT2D eigenvalue weighted by Crippen LogP contribution is 2.16. The highest BCUT2D eigenvalue weighted by molar-refractivity contribution is 7.09. The van der Waals surface area contributed by atoms with E-state index >= 15 is 0 Å². The molecule has 5 nitrogen and oxygen atoms in total. The number of carbonyl (C=O) groups is 2. The molecule has 6 heteroatoms. The number of likely N-dealkylation sites (N-methyl/N-ethyl adjacent to an activating group) is 1. The first-order valence-electron chi connectivity index (χ1n) is 7.50. The number of amides is 2. The summed E-state index contributed by atoms with van der Waals surface area (Å²) in [5.41, 5.74) is 1.51. The Morgan fingerprint density at radius 2 is 1.96 bits per heavy atom. The third kappa shape index (κ3) is 4.63. The van der Waals surface area contributed by atoms with Crippen molar-refractivity contribution in [2.24, 2.45) is 0 Å². The van der Waals surface area contributed by atoms with Crippen molar-refractivity contribution in [2.45, 2.75) is 25.8 Å². The molecule has 0 saturated carbocycles. The summed E-state index contributed by atoms with van der Waals surface area (Å²) in [4.78, 5) is 30.6. The van der Waals surface area contributed by atoms with Gasteiger partial charge in [-0.15, -0.1) is 11.3 Å². The number of carbonyl (C=O) groups excluding carboxylic acids is 2. The lowest BCUT2D eigenvalue weighted by atomic mass is 10.1. The maximum absolute atomic E-state index is 12.4. The van der Waals surface area contributed by atoms with Crippen molar-refractivity contribution in [3.8, 4) is 0 Å². The smallest absolute Gasteiger partial charge is 0.249 e. The fourth-order valence-corrected chi connectivity index (χ4v) is 2.91. The number of hydrogen-bond acceptors (Lipinski definition) is 4. The van der Waals surface area contributed by atoms with Crippen molar-refractivity contribution in [3.63, 3.8) is 0 Å². The second-order valence-corrected chi connectivity index (χ2v) is 6.35. The lowest BCUT2D eigenvalue weighted by Gasteiger charge is -2.22. The molecule has 0 fully saturated rings. The average Bonchev–Trinajstić information content (AvgIpc) is 3.00. The van der Waals surface area contributed by atoms with E-state index in [0.29, 0.717) is 0 Å². The minimum Gasteiger partial charge on any atom is -0.347 e. The first-order valence-corrected chi connectivity index (χ1v) is 8.38. The number of thiazole rings is 1. The predicted molar refractivity (Wildman–Crippen MR) is 91.2 cm³/mol. The molecule has 122 valence electrons. The number of hydrogen-bond donors (Lipinski definition) is 1. The Balaban J connectivity index is 2.10. The van der Waals surface area contributed by atoms with Crippen molar-refractivity contribution in [1.82, 2.24) is 15.2 Å². The average molecular weight is 331 g/mol. The molecular formula is C17H21N3O2S. The van der Waals surface area contributed by atoms with Gasteiger partial charge in [0.15, 0.2) is 0 Å². The molecule has 2 amide bonds. The predicted octanol–water partition coefficient (Wildman–Crippen LogP) is 2.19. The van der Waals surface area contributed by atoms with Crippen LogP contribution in [0.1, 0.15) is 29.2 Å². The zero-order chi connectivity index (χ0) is 16.8. The van der Waals surface area contributed by atoms with Gasteiger partial charge in [-0.25, -0.2) is 4.98 Å². The fraction of sp³-hybridized carbons (Fsp3) is 0.353. The first-order chi connectivity index (χ1) is 11.0. The largest absolute Gasteiger partial charge is 0.347 e. The van der Waals surface area contributed by atoms with Crippen molar-refractivity contribution in [1.29, 1.82) is 0 Å². The molecule has 0 radical (unpaired) electrons. The Hall–Kier alpha value is -2.21. The number of nitrogens with one attached hydrogen (secondary N) is 1. The van der Waals surface area contributed by atoms with Gasteiger partial charge in [0.2, 0.25) is 11.8 Å². The molecule has 0 saturated heterocycles. The normalized spacial score (nSPS) is 11.8. The van der Waals surface area contributed by atoms with Gasteiger partial charge in [0.1, 0.15) is 6.04 Å². The maximum atomic E-state index is 12.4. The summed E-state index contributed by atoms with van der Waals surface area (Å²) in [6.45, 7) is 2.03. The molecule has 0 aliphatic rings. The Kier molecular flexibility index (Phi) is 5.87. The molecule has 2 aromatic rings. The van der Waals surface area contributed by atoms with Gasteiger partial charge in [0.25, 0.3) is 0 Å². The van der Waals surface area contributed by atoms with Gasteiger partial charge in [-0.2, -0.15) is 0 Å². The molecule has 0 spiro atoms. The van der Waals surface area contributed by atoms with E-state index in [0.717, 1.165) is 22.7 Å². The van der Waals surface area contributed by atoms with Crippen LogP contribution in [-0.2, 0) is 22.4 Å². The zero-order valence-electron chi connectivity index (χ0n) is 13.6. The minimum absolute atomic E-state index is 0.155. The van der Waals surface area contributed by atoms with Crippen LogP contribution in [0.25, 0.3) is 0 Å². The van der Waals surface area contributed by atoms with Gasteiger partial charge < -0.3 is 10.2 Å². The van der Waals surface area contributed by atoms with Crippen molar-refractivity contribution in [2.75, 3.05) is 14.1 Å². The minimum atomic E-state index is -0.678. The highest BCUT2D eigenvalue weighted by Gasteiger charge is 2.24. The molecule has 0 unspecified atom stereocenters. The molecule has 1 aromatic heterocycles. The standard InChI is InChI=1S/C17H21N3O2S/c1-4-15-18-13(11-23-15)10-14(21)19-16(17(22)20(2)3)12-8-6-5-7-9-12/h5-9,11,16H,4,10H2,1-3H3,(H,19,21)/t16-/m0/s1. The van der Waals surface area contributed by atoms with Crippen LogP contribution in [0.15, 0.2) is 35.7 Å². The van der Waals surface area contributed by atoms with Crippen LogP contribution in [0, 0.1) is 0 Å². The zero-order valence-corrected chi connectivity index (χ0v) is 14.4. The number of benzene rings is 1. The summed E-state index contributed by atoms with van der Waals surface area (Å²) >= 11 is 1.55. The van der Waals surface area contributed by atoms with Gasteiger partial charge in [-0.3, -0.25) is 9.59 Å². The highest BCUT2D eigenvalue weighted by atomic mass is 32.1. The maximum Gasteiger partial charge on any atom is 0.249 e. The summed E-state index contributed by atoms with van der Waals surface area (Å²) in [7, 11) is 3.36. The SMILES string of the molecule is CCc1nc(CC(=O)N[C@H](C(=O)N(C)C)c2ccccc2)cs1. The topological polar surface area (TPSA) is 62.3 Å². The monoisotopic (exact) mass is 331 g/mol. The van der Waals surface area contributed by atoms with E-state index in [-0.39, 0.29) is 18.2 Å². The molecule has 0 aliphatic carbocycles. The third-order valence-corrected chi connectivity index (χ3v) is 4.41. The number of rotatable bonds is 6. The van der Waals surface area contributed by atoms with Crippen LogP contribution >= 0.6 is 11.3 Å². The second kappa shape index (κ2) is 7.87. The van der Waals surface area contributed by atoms with Crippen LogP contribution in [0.2, 0.25) is 0 Å². The molecule has 1 heterocycles. The van der Waals surface area contributed by atoms with E-state index < -0.39 is 6.04 Å². The summed E-state index contributed by atoms with van der Waals surface area (Å²) in [5, 5.41) is 5.73. The van der Waals surface area contributed by atoms with Gasteiger partial charge >= 0.3 is 0 Å². The summed E-state index contributed by atoms with van der Waals surface area (Å²) in [6.07, 6.45) is 1.04. The number of nitrogens with zero attached hydrogens (tertiary/aromatic N) is 2. The van der Waals surface area contributed by atoms with Crippen molar-refractivity contribution in [3.05, 3.63) is 52.0 Å². The van der Waals surface area contributed by atoms with Crippen LogP contribution in [-0.4, -0.2) is 35.8 Å². The Morgan fingerprint density at radius 1 is 1.26 bits per heavy atom. The van der Waals surface area contributed by atoms with E-state index in [4.69, 9.17) is 0 Å². The summed E-state index contributed by atoms with van der Waals surface area (Å²) in [6, 6.07) is 8.58. The molecular weight excluding hydrogens is 310 g/mol. The van der Waals surface area contributed by atoms with Gasteiger partial charge in [0, 0.05) is 19.5 Å². The van der Waals surface area contributed by atoms with E-state index in [1.807, 2.05) is 42.6 Å². The number of aryl methyl sites for hydroxylation is 1. The van der Waals surface area contributed by atoms with E-state index in [1.165, 1.54) is 4.90 Å². The van der Waals surface area contributed by atoms with Crippen LogP contribution in [0.4, 0.5) is 0 Å². The Morgan fingerprint density at radius 3 is 2.52 bits per heavy atom. The Labute approximate surface area is 140 Å². The summed E-state index contributed by atoms with van der Waals surface area (Å²) < 4.78 is 0. The van der Waals surface area contributed by atoms with Crippen LogP contribution < -0.4 is 5.32 Å². The van der Waals surface area contributed by atoms with E-state index in [1.54, 1.807) is 25.4 Å². The molecule has 1 N–H and O–H groups in total. The summed E-state index contributed by atoms with van der Waals surface area (Å²) in [5.74, 6) is -0.362.